The molecule has 1 N–H and O–H groups in total. The van der Waals surface area contributed by atoms with Gasteiger partial charge in [0.05, 0.1) is 0 Å². The quantitative estimate of drug-likeness (QED) is 0.634. The Bertz CT molecular complexity index is 226. The molecular weight excluding hydrogens is 154 g/mol. The summed E-state index contributed by atoms with van der Waals surface area (Å²) in [5, 5.41) is 8.57. The van der Waals surface area contributed by atoms with Crippen LogP contribution in [0.15, 0.2) is 0 Å². The summed E-state index contributed by atoms with van der Waals surface area (Å²) in [4.78, 5) is 10.5. The normalized spacial score (nSPS) is 45.1. The molecule has 2 saturated carbocycles. The van der Waals surface area contributed by atoms with E-state index in [1.54, 1.807) is 0 Å². The Balaban J connectivity index is 2.33. The van der Waals surface area contributed by atoms with Crippen LogP contribution in [0.1, 0.15) is 19.3 Å². The number of carboxylic acids is 1. The van der Waals surface area contributed by atoms with E-state index in [4.69, 9.17) is 5.11 Å². The van der Waals surface area contributed by atoms with Crippen LogP contribution >= 0.6 is 0 Å². The first kappa shape index (κ1) is 7.00. The van der Waals surface area contributed by atoms with Crippen molar-refractivity contribution in [1.29, 1.82) is 0 Å². The Kier molecular flexibility index (Phi) is 0.997. The number of aliphatic carboxylic acids is 1. The molecule has 2 atom stereocenters. The van der Waals surface area contributed by atoms with Crippen LogP contribution in [0.3, 0.4) is 0 Å². The van der Waals surface area contributed by atoms with Gasteiger partial charge in [-0.1, -0.05) is 6.42 Å². The van der Waals surface area contributed by atoms with Crippen molar-refractivity contribution in [2.24, 2.45) is 11.3 Å². The van der Waals surface area contributed by atoms with E-state index in [1.165, 1.54) is 0 Å². The van der Waals surface area contributed by atoms with Crippen LogP contribution in [0.2, 0.25) is 0 Å². The van der Waals surface area contributed by atoms with Crippen LogP contribution in [0, 0.1) is 11.3 Å². The Labute approximate surface area is 62.2 Å². The number of hydrogen-bond donors (Lipinski definition) is 1. The van der Waals surface area contributed by atoms with Gasteiger partial charge >= 0.3 is 5.97 Å². The van der Waals surface area contributed by atoms with Gasteiger partial charge in [-0.05, 0) is 12.8 Å². The Morgan fingerprint density at radius 1 is 1.55 bits per heavy atom. The summed E-state index contributed by atoms with van der Waals surface area (Å²) in [5.74, 6) is -5.10. The lowest BCUT2D eigenvalue weighted by Crippen LogP contribution is -2.21. The minimum Gasteiger partial charge on any atom is -0.481 e. The van der Waals surface area contributed by atoms with Gasteiger partial charge in [-0.3, -0.25) is 4.79 Å². The molecule has 0 aromatic carbocycles. The average molecular weight is 162 g/mol. The Morgan fingerprint density at radius 2 is 2.18 bits per heavy atom. The lowest BCUT2D eigenvalue weighted by molar-refractivity contribution is -0.147. The van der Waals surface area contributed by atoms with Gasteiger partial charge in [-0.25, -0.2) is 8.78 Å². The molecule has 0 saturated heterocycles. The van der Waals surface area contributed by atoms with Crippen LogP contribution in [0.5, 0.6) is 0 Å². The molecule has 0 radical (unpaired) electrons. The van der Waals surface area contributed by atoms with Crippen molar-refractivity contribution in [3.05, 3.63) is 0 Å². The maximum Gasteiger partial charge on any atom is 0.316 e. The van der Waals surface area contributed by atoms with Crippen LogP contribution in [-0.2, 0) is 4.79 Å². The third kappa shape index (κ3) is 0.511. The third-order valence-corrected chi connectivity index (χ3v) is 2.99. The number of halogens is 2. The van der Waals surface area contributed by atoms with Crippen LogP contribution in [0.25, 0.3) is 0 Å². The summed E-state index contributed by atoms with van der Waals surface area (Å²) in [6, 6.07) is 0. The van der Waals surface area contributed by atoms with Crippen molar-refractivity contribution in [3.8, 4) is 0 Å². The van der Waals surface area contributed by atoms with Crippen molar-refractivity contribution < 1.29 is 18.7 Å². The molecule has 0 amide bonds. The molecule has 2 aliphatic carbocycles. The van der Waals surface area contributed by atoms with Crippen molar-refractivity contribution in [2.75, 3.05) is 0 Å². The number of rotatable bonds is 1. The zero-order valence-electron chi connectivity index (χ0n) is 5.81. The molecule has 62 valence electrons. The third-order valence-electron chi connectivity index (χ3n) is 2.99. The van der Waals surface area contributed by atoms with Crippen LogP contribution < -0.4 is 0 Å². The monoisotopic (exact) mass is 162 g/mol. The molecule has 0 aromatic rings. The van der Waals surface area contributed by atoms with E-state index < -0.39 is 23.2 Å². The number of carboxylic acid groups (broad SMARTS) is 1. The molecule has 0 aliphatic heterocycles. The standard InChI is InChI=1S/C7H8F2O2/c8-7(9)4-2-1-3-6(4,7)5(10)11/h4H,1-3H2,(H,10,11). The Morgan fingerprint density at radius 3 is 2.45 bits per heavy atom. The van der Waals surface area contributed by atoms with Crippen LogP contribution in [0.4, 0.5) is 8.78 Å². The number of hydrogen-bond acceptors (Lipinski definition) is 1. The lowest BCUT2D eigenvalue weighted by atomic mass is 10.0. The molecule has 0 aromatic heterocycles. The summed E-state index contributed by atoms with van der Waals surface area (Å²) in [6.45, 7) is 0. The highest BCUT2D eigenvalue weighted by Gasteiger charge is 2.86. The summed E-state index contributed by atoms with van der Waals surface area (Å²) in [5.41, 5.74) is -1.66. The lowest BCUT2D eigenvalue weighted by Gasteiger charge is -2.06. The predicted octanol–water partition coefficient (Wildman–Crippen LogP) is 1.51. The van der Waals surface area contributed by atoms with Crippen molar-refractivity contribution >= 4 is 5.97 Å². The second kappa shape index (κ2) is 1.57. The smallest absolute Gasteiger partial charge is 0.316 e. The predicted molar refractivity (Wildman–Crippen MR) is 32.4 cm³/mol. The van der Waals surface area contributed by atoms with Crippen molar-refractivity contribution in [1.82, 2.24) is 0 Å². The van der Waals surface area contributed by atoms with E-state index in [0.717, 1.165) is 0 Å². The molecule has 11 heavy (non-hydrogen) atoms. The van der Waals surface area contributed by atoms with Gasteiger partial charge < -0.3 is 5.11 Å². The highest BCUT2D eigenvalue weighted by atomic mass is 19.3. The van der Waals surface area contributed by atoms with Crippen molar-refractivity contribution in [3.63, 3.8) is 0 Å². The molecule has 2 aliphatic rings. The maximum atomic E-state index is 12.8. The fourth-order valence-corrected chi connectivity index (χ4v) is 2.28. The number of alkyl halides is 2. The Hall–Kier alpha value is -0.670. The van der Waals surface area contributed by atoms with Gasteiger partial charge in [-0.2, -0.15) is 0 Å². The van der Waals surface area contributed by atoms with E-state index >= 15 is 0 Å². The average Bonchev–Trinajstić information content (AvgIpc) is 2.25. The fraction of sp³-hybridized carbons (Fsp3) is 0.857. The fourth-order valence-electron chi connectivity index (χ4n) is 2.28. The van der Waals surface area contributed by atoms with Gasteiger partial charge in [0.1, 0.15) is 5.41 Å². The first-order chi connectivity index (χ1) is 5.03. The van der Waals surface area contributed by atoms with E-state index in [9.17, 15) is 13.6 Å². The van der Waals surface area contributed by atoms with Crippen molar-refractivity contribution in [2.45, 2.75) is 25.2 Å². The topological polar surface area (TPSA) is 37.3 Å². The molecule has 0 bridgehead atoms. The molecule has 0 spiro atoms. The van der Waals surface area contributed by atoms with Gasteiger partial charge in [0, 0.05) is 5.92 Å². The van der Waals surface area contributed by atoms with Gasteiger partial charge in [-0.15, -0.1) is 0 Å². The van der Waals surface area contributed by atoms with E-state index in [-0.39, 0.29) is 6.42 Å². The molecule has 0 heterocycles. The molecule has 2 fully saturated rings. The van der Waals surface area contributed by atoms with E-state index in [0.29, 0.717) is 12.8 Å². The SMILES string of the molecule is O=C(O)C12CCCC1C2(F)F. The summed E-state index contributed by atoms with van der Waals surface area (Å²) < 4.78 is 25.5. The molecular formula is C7H8F2O2. The number of fused-ring (bicyclic) bond motifs is 1. The zero-order chi connectivity index (χ0) is 8.28. The summed E-state index contributed by atoms with van der Waals surface area (Å²) in [7, 11) is 0. The van der Waals surface area contributed by atoms with Crippen LogP contribution in [-0.4, -0.2) is 17.0 Å². The minimum atomic E-state index is -2.92. The van der Waals surface area contributed by atoms with Gasteiger partial charge in [0.2, 0.25) is 0 Å². The molecule has 4 heteroatoms. The molecule has 2 rings (SSSR count). The van der Waals surface area contributed by atoms with Gasteiger partial charge in [0.25, 0.3) is 5.92 Å². The highest BCUT2D eigenvalue weighted by molar-refractivity contribution is 5.82. The largest absolute Gasteiger partial charge is 0.481 e. The highest BCUT2D eigenvalue weighted by Crippen LogP contribution is 2.73. The van der Waals surface area contributed by atoms with Gasteiger partial charge in [0.15, 0.2) is 0 Å². The second-order valence-electron chi connectivity index (χ2n) is 3.34. The first-order valence-corrected chi connectivity index (χ1v) is 3.64. The summed E-state index contributed by atoms with van der Waals surface area (Å²) in [6.07, 6.45) is 1.16. The number of carbonyl (C=O) groups is 1. The second-order valence-corrected chi connectivity index (χ2v) is 3.34. The zero-order valence-corrected chi connectivity index (χ0v) is 5.81. The molecule has 2 unspecified atom stereocenters. The summed E-state index contributed by atoms with van der Waals surface area (Å²) >= 11 is 0. The first-order valence-electron chi connectivity index (χ1n) is 3.64. The molecule has 2 nitrogen and oxygen atoms in total. The maximum absolute atomic E-state index is 12.8. The van der Waals surface area contributed by atoms with E-state index in [1.807, 2.05) is 0 Å². The van der Waals surface area contributed by atoms with E-state index in [2.05, 4.69) is 0 Å². The minimum absolute atomic E-state index is 0.153.